The van der Waals surface area contributed by atoms with Crippen LogP contribution in [0.5, 0.6) is 0 Å². The third kappa shape index (κ3) is 2.09. The smallest absolute Gasteiger partial charge is 0.265 e. The molecule has 1 heterocycles. The Morgan fingerprint density at radius 1 is 1.33 bits per heavy atom. The molecule has 3 rings (SSSR count). The van der Waals surface area contributed by atoms with E-state index in [0.29, 0.717) is 22.3 Å². The van der Waals surface area contributed by atoms with Crippen LogP contribution in [-0.2, 0) is 0 Å². The van der Waals surface area contributed by atoms with Gasteiger partial charge in [0.15, 0.2) is 0 Å². The van der Waals surface area contributed by atoms with Crippen molar-refractivity contribution >= 4 is 23.1 Å². The number of benzene rings is 1. The molecule has 0 spiro atoms. The number of amides is 1. The number of hydrogen-bond donors (Lipinski definition) is 2. The van der Waals surface area contributed by atoms with Crippen LogP contribution in [0.15, 0.2) is 30.3 Å². The van der Waals surface area contributed by atoms with Gasteiger partial charge < -0.3 is 11.1 Å². The minimum atomic E-state index is -0.102. The highest BCUT2D eigenvalue weighted by molar-refractivity contribution is 7.09. The van der Waals surface area contributed by atoms with Crippen LogP contribution in [0.2, 0.25) is 0 Å². The number of nitrogens with two attached hydrogens (primary N) is 1. The van der Waals surface area contributed by atoms with Crippen LogP contribution in [0.4, 0.5) is 5.69 Å². The molecule has 1 aromatic carbocycles. The molecule has 5 heteroatoms. The van der Waals surface area contributed by atoms with Gasteiger partial charge in [-0.05, 0) is 24.4 Å². The first-order valence-corrected chi connectivity index (χ1v) is 6.64. The number of hydrogen-bond acceptors (Lipinski definition) is 4. The molecule has 1 aliphatic rings. The lowest BCUT2D eigenvalue weighted by Crippen LogP contribution is -2.25. The zero-order valence-corrected chi connectivity index (χ0v) is 10.5. The number of nitrogens with one attached hydrogen (secondary N) is 1. The van der Waals surface area contributed by atoms with E-state index in [1.807, 2.05) is 30.3 Å². The predicted octanol–water partition coefficient (Wildman–Crippen LogP) is 2.28. The quantitative estimate of drug-likeness (QED) is 0.888. The number of nitrogen functional groups attached to an aromatic ring is 1. The second kappa shape index (κ2) is 4.42. The van der Waals surface area contributed by atoms with E-state index in [0.717, 1.165) is 29.9 Å². The Labute approximate surface area is 109 Å². The fraction of sp³-hybridized carbons (Fsp3) is 0.231. The number of anilines is 1. The predicted molar refractivity (Wildman–Crippen MR) is 72.5 cm³/mol. The van der Waals surface area contributed by atoms with Gasteiger partial charge in [-0.25, -0.2) is 0 Å². The van der Waals surface area contributed by atoms with Crippen LogP contribution in [0.1, 0.15) is 22.5 Å². The lowest BCUT2D eigenvalue weighted by Gasteiger charge is -2.02. The summed E-state index contributed by atoms with van der Waals surface area (Å²) in [6.45, 7) is 0. The number of aromatic nitrogens is 1. The second-order valence-electron chi connectivity index (χ2n) is 4.39. The Morgan fingerprint density at radius 2 is 2.06 bits per heavy atom. The van der Waals surface area contributed by atoms with Crippen molar-refractivity contribution in [3.8, 4) is 11.3 Å². The molecule has 2 aromatic rings. The van der Waals surface area contributed by atoms with Gasteiger partial charge in [-0.3, -0.25) is 4.79 Å². The summed E-state index contributed by atoms with van der Waals surface area (Å²) in [7, 11) is 0. The minimum absolute atomic E-state index is 0.102. The first-order valence-electron chi connectivity index (χ1n) is 5.87. The van der Waals surface area contributed by atoms with Crippen molar-refractivity contribution in [1.29, 1.82) is 0 Å². The molecule has 0 unspecified atom stereocenters. The molecule has 92 valence electrons. The van der Waals surface area contributed by atoms with Gasteiger partial charge in [-0.1, -0.05) is 30.3 Å². The first kappa shape index (κ1) is 11.2. The first-order chi connectivity index (χ1) is 8.75. The average Bonchev–Trinajstić information content (AvgIpc) is 3.11. The second-order valence-corrected chi connectivity index (χ2v) is 5.16. The summed E-state index contributed by atoms with van der Waals surface area (Å²) in [5, 5.41) is 2.93. The zero-order valence-electron chi connectivity index (χ0n) is 9.72. The normalized spacial score (nSPS) is 14.4. The van der Waals surface area contributed by atoms with Gasteiger partial charge in [0.1, 0.15) is 10.6 Å². The summed E-state index contributed by atoms with van der Waals surface area (Å²) >= 11 is 1.16. The van der Waals surface area contributed by atoms with Gasteiger partial charge >= 0.3 is 0 Å². The molecule has 1 fully saturated rings. The van der Waals surface area contributed by atoms with Crippen LogP contribution >= 0.6 is 11.5 Å². The molecule has 1 saturated carbocycles. The maximum absolute atomic E-state index is 11.9. The molecule has 18 heavy (non-hydrogen) atoms. The molecule has 0 saturated heterocycles. The molecule has 4 nitrogen and oxygen atoms in total. The number of carbonyl (C=O) groups is 1. The van der Waals surface area contributed by atoms with Crippen molar-refractivity contribution in [2.24, 2.45) is 0 Å². The van der Waals surface area contributed by atoms with Gasteiger partial charge in [-0.2, -0.15) is 4.37 Å². The summed E-state index contributed by atoms with van der Waals surface area (Å²) in [6, 6.07) is 10.0. The van der Waals surface area contributed by atoms with E-state index in [1.165, 1.54) is 0 Å². The van der Waals surface area contributed by atoms with Crippen LogP contribution in [-0.4, -0.2) is 16.3 Å². The van der Waals surface area contributed by atoms with E-state index >= 15 is 0 Å². The van der Waals surface area contributed by atoms with Crippen molar-refractivity contribution in [3.63, 3.8) is 0 Å². The molecule has 1 aromatic heterocycles. The Bertz CT molecular complexity index is 575. The van der Waals surface area contributed by atoms with E-state index in [4.69, 9.17) is 5.73 Å². The van der Waals surface area contributed by atoms with E-state index < -0.39 is 0 Å². The zero-order chi connectivity index (χ0) is 12.5. The molecule has 1 aliphatic carbocycles. The van der Waals surface area contributed by atoms with Gasteiger partial charge in [0.05, 0.1) is 5.69 Å². The van der Waals surface area contributed by atoms with E-state index in [1.54, 1.807) is 0 Å². The summed E-state index contributed by atoms with van der Waals surface area (Å²) in [5.41, 5.74) is 8.13. The lowest BCUT2D eigenvalue weighted by molar-refractivity contribution is 0.0956. The van der Waals surface area contributed by atoms with E-state index in [-0.39, 0.29) is 5.91 Å². The van der Waals surface area contributed by atoms with Crippen molar-refractivity contribution in [2.45, 2.75) is 18.9 Å². The highest BCUT2D eigenvalue weighted by Gasteiger charge is 2.26. The van der Waals surface area contributed by atoms with Gasteiger partial charge in [0.2, 0.25) is 0 Å². The van der Waals surface area contributed by atoms with Gasteiger partial charge in [-0.15, -0.1) is 0 Å². The minimum Gasteiger partial charge on any atom is -0.396 e. The van der Waals surface area contributed by atoms with E-state index in [2.05, 4.69) is 9.69 Å². The topological polar surface area (TPSA) is 68.0 Å². The van der Waals surface area contributed by atoms with E-state index in [9.17, 15) is 4.79 Å². The molecule has 1 amide bonds. The van der Waals surface area contributed by atoms with Crippen LogP contribution < -0.4 is 11.1 Å². The summed E-state index contributed by atoms with van der Waals surface area (Å²) in [5.74, 6) is -0.102. The monoisotopic (exact) mass is 259 g/mol. The molecule has 0 atom stereocenters. The molecular weight excluding hydrogens is 246 g/mol. The summed E-state index contributed by atoms with van der Waals surface area (Å²) < 4.78 is 4.29. The number of nitrogens with zero attached hydrogens (tertiary/aromatic N) is 1. The molecule has 3 N–H and O–H groups in total. The standard InChI is InChI=1S/C13H13N3OS/c14-10-11(8-4-2-1-3-5-8)16-18-12(10)13(17)15-9-6-7-9/h1-5,9H,6-7,14H2,(H,15,17). The largest absolute Gasteiger partial charge is 0.396 e. The Kier molecular flexibility index (Phi) is 2.76. The van der Waals surface area contributed by atoms with Crippen LogP contribution in [0.25, 0.3) is 11.3 Å². The molecular formula is C13H13N3OS. The van der Waals surface area contributed by atoms with Gasteiger partial charge in [0.25, 0.3) is 5.91 Å². The fourth-order valence-electron chi connectivity index (χ4n) is 1.74. The van der Waals surface area contributed by atoms with Crippen molar-refractivity contribution < 1.29 is 4.79 Å². The Hall–Kier alpha value is -1.88. The average molecular weight is 259 g/mol. The number of rotatable bonds is 3. The summed E-state index contributed by atoms with van der Waals surface area (Å²) in [6.07, 6.45) is 2.13. The number of carbonyl (C=O) groups excluding carboxylic acids is 1. The van der Waals surface area contributed by atoms with Crippen LogP contribution in [0, 0.1) is 0 Å². The van der Waals surface area contributed by atoms with Crippen molar-refractivity contribution in [1.82, 2.24) is 9.69 Å². The fourth-order valence-corrected chi connectivity index (χ4v) is 2.47. The summed E-state index contributed by atoms with van der Waals surface area (Å²) in [4.78, 5) is 12.5. The lowest BCUT2D eigenvalue weighted by atomic mass is 10.1. The third-order valence-electron chi connectivity index (χ3n) is 2.89. The highest BCUT2D eigenvalue weighted by Crippen LogP contribution is 2.31. The molecule has 0 radical (unpaired) electrons. The molecule has 0 aliphatic heterocycles. The maximum atomic E-state index is 11.9. The molecule has 0 bridgehead atoms. The maximum Gasteiger partial charge on any atom is 0.265 e. The van der Waals surface area contributed by atoms with Gasteiger partial charge in [0, 0.05) is 11.6 Å². The van der Waals surface area contributed by atoms with Crippen molar-refractivity contribution in [2.75, 3.05) is 5.73 Å². The van der Waals surface area contributed by atoms with Crippen LogP contribution in [0.3, 0.4) is 0 Å². The SMILES string of the molecule is Nc1c(-c2ccccc2)nsc1C(=O)NC1CC1. The Morgan fingerprint density at radius 3 is 2.72 bits per heavy atom. The third-order valence-corrected chi connectivity index (χ3v) is 3.76. The van der Waals surface area contributed by atoms with Crippen molar-refractivity contribution in [3.05, 3.63) is 35.2 Å². The Balaban J connectivity index is 1.89. The highest BCUT2D eigenvalue weighted by atomic mass is 32.1.